The zero-order valence-electron chi connectivity index (χ0n) is 15.9. The molecule has 0 radical (unpaired) electrons. The fourth-order valence-corrected chi connectivity index (χ4v) is 3.07. The van der Waals surface area contributed by atoms with E-state index in [1.165, 1.54) is 17.7 Å². The number of anilines is 1. The number of rotatable bonds is 8. The van der Waals surface area contributed by atoms with Gasteiger partial charge in [0.15, 0.2) is 6.61 Å². The lowest BCUT2D eigenvalue weighted by Crippen LogP contribution is -2.30. The molecule has 0 unspecified atom stereocenters. The van der Waals surface area contributed by atoms with Crippen LogP contribution < -0.4 is 10.2 Å². The fourth-order valence-electron chi connectivity index (χ4n) is 3.07. The van der Waals surface area contributed by atoms with Gasteiger partial charge in [0, 0.05) is 19.4 Å². The quantitative estimate of drug-likeness (QED) is 0.421. The highest BCUT2D eigenvalue weighted by atomic mass is 16.5. The van der Waals surface area contributed by atoms with Crippen LogP contribution in [0.5, 0.6) is 0 Å². The van der Waals surface area contributed by atoms with E-state index in [2.05, 4.69) is 5.32 Å². The smallest absolute Gasteiger partial charge is 0.338 e. The molecule has 0 saturated carbocycles. The van der Waals surface area contributed by atoms with Crippen molar-refractivity contribution in [2.24, 2.45) is 0 Å². The highest BCUT2D eigenvalue weighted by molar-refractivity contribution is 6.20. The molecule has 7 nitrogen and oxygen atoms in total. The number of nitrogens with zero attached hydrogens (tertiary/aromatic N) is 1. The van der Waals surface area contributed by atoms with Crippen LogP contribution >= 0.6 is 0 Å². The number of ether oxygens (including phenoxy) is 1. The Balaban J connectivity index is 1.44. The molecule has 0 atom stereocenters. The minimum atomic E-state index is -0.689. The molecule has 2 aromatic rings. The Morgan fingerprint density at radius 1 is 0.966 bits per heavy atom. The lowest BCUT2D eigenvalue weighted by Gasteiger charge is -2.14. The number of carbonyl (C=O) groups is 4. The summed E-state index contributed by atoms with van der Waals surface area (Å²) < 4.78 is 5.04. The van der Waals surface area contributed by atoms with Gasteiger partial charge >= 0.3 is 5.97 Å². The molecule has 3 rings (SSSR count). The second-order valence-electron chi connectivity index (χ2n) is 6.69. The van der Waals surface area contributed by atoms with E-state index in [0.717, 1.165) is 17.7 Å². The Bertz CT molecular complexity index is 894. The van der Waals surface area contributed by atoms with Crippen molar-refractivity contribution in [3.05, 3.63) is 65.7 Å². The largest absolute Gasteiger partial charge is 0.452 e. The Kier molecular flexibility index (Phi) is 6.73. The Morgan fingerprint density at radius 3 is 2.41 bits per heavy atom. The molecule has 29 heavy (non-hydrogen) atoms. The molecule has 0 aliphatic carbocycles. The van der Waals surface area contributed by atoms with E-state index in [9.17, 15) is 19.2 Å². The normalized spacial score (nSPS) is 13.4. The van der Waals surface area contributed by atoms with E-state index in [4.69, 9.17) is 4.74 Å². The standard InChI is InChI=1S/C22H22N2O5/c25-19(23-13-5-8-16-6-2-1-3-7-16)15-29-22(28)17-9-4-10-18(14-17)24-20(26)11-12-21(24)27/h1-4,6-7,9-10,14H,5,8,11-13,15H2,(H,23,25). The Hall–Kier alpha value is -3.48. The fraction of sp³-hybridized carbons (Fsp3) is 0.273. The third-order valence-electron chi connectivity index (χ3n) is 4.53. The number of benzene rings is 2. The summed E-state index contributed by atoms with van der Waals surface area (Å²) in [7, 11) is 0. The van der Waals surface area contributed by atoms with Gasteiger partial charge in [-0.15, -0.1) is 0 Å². The average Bonchev–Trinajstić information content (AvgIpc) is 3.08. The molecule has 0 bridgehead atoms. The van der Waals surface area contributed by atoms with Gasteiger partial charge < -0.3 is 10.1 Å². The maximum absolute atomic E-state index is 12.2. The molecule has 0 aromatic heterocycles. The number of carbonyl (C=O) groups excluding carboxylic acids is 4. The Morgan fingerprint density at radius 2 is 1.69 bits per heavy atom. The van der Waals surface area contributed by atoms with E-state index >= 15 is 0 Å². The van der Waals surface area contributed by atoms with Crippen LogP contribution in [-0.2, 0) is 25.5 Å². The number of esters is 1. The van der Waals surface area contributed by atoms with Crippen molar-refractivity contribution < 1.29 is 23.9 Å². The van der Waals surface area contributed by atoms with Gasteiger partial charge in [0.05, 0.1) is 11.3 Å². The molecule has 2 aromatic carbocycles. The molecule has 1 fully saturated rings. The van der Waals surface area contributed by atoms with E-state index in [0.29, 0.717) is 12.2 Å². The molecule has 0 spiro atoms. The van der Waals surface area contributed by atoms with Crippen LogP contribution in [0.3, 0.4) is 0 Å². The van der Waals surface area contributed by atoms with Gasteiger partial charge in [0.1, 0.15) is 0 Å². The van der Waals surface area contributed by atoms with Gasteiger partial charge in [-0.25, -0.2) is 4.79 Å². The topological polar surface area (TPSA) is 92.8 Å². The van der Waals surface area contributed by atoms with Crippen molar-refractivity contribution >= 4 is 29.4 Å². The summed E-state index contributed by atoms with van der Waals surface area (Å²) in [6.07, 6.45) is 1.96. The highest BCUT2D eigenvalue weighted by Crippen LogP contribution is 2.23. The van der Waals surface area contributed by atoms with Gasteiger partial charge in [-0.05, 0) is 36.6 Å². The van der Waals surface area contributed by atoms with Crippen LogP contribution in [0.25, 0.3) is 0 Å². The van der Waals surface area contributed by atoms with Crippen LogP contribution in [0.1, 0.15) is 35.2 Å². The number of hydrogen-bond acceptors (Lipinski definition) is 5. The summed E-state index contributed by atoms with van der Waals surface area (Å²) in [5.74, 6) is -1.66. The molecule has 1 aliphatic rings. The molecule has 7 heteroatoms. The lowest BCUT2D eigenvalue weighted by molar-refractivity contribution is -0.124. The highest BCUT2D eigenvalue weighted by Gasteiger charge is 2.30. The SMILES string of the molecule is O=C(COC(=O)c1cccc(N2C(=O)CCC2=O)c1)NCCCc1ccccc1. The zero-order valence-corrected chi connectivity index (χ0v) is 15.9. The predicted molar refractivity (Wildman–Crippen MR) is 106 cm³/mol. The summed E-state index contributed by atoms with van der Waals surface area (Å²) >= 11 is 0. The van der Waals surface area contributed by atoms with Crippen molar-refractivity contribution in [1.29, 1.82) is 0 Å². The first-order valence-electron chi connectivity index (χ1n) is 9.48. The first-order valence-corrected chi connectivity index (χ1v) is 9.48. The molecular weight excluding hydrogens is 372 g/mol. The molecule has 1 saturated heterocycles. The van der Waals surface area contributed by atoms with Gasteiger partial charge in [-0.1, -0.05) is 36.4 Å². The van der Waals surface area contributed by atoms with Crippen molar-refractivity contribution in [3.63, 3.8) is 0 Å². The molecule has 1 N–H and O–H groups in total. The summed E-state index contributed by atoms with van der Waals surface area (Å²) in [4.78, 5) is 48.8. The zero-order chi connectivity index (χ0) is 20.6. The summed E-state index contributed by atoms with van der Waals surface area (Å²) in [5, 5.41) is 2.71. The van der Waals surface area contributed by atoms with E-state index in [-0.39, 0.29) is 36.1 Å². The van der Waals surface area contributed by atoms with Crippen molar-refractivity contribution in [1.82, 2.24) is 5.32 Å². The number of hydrogen-bond donors (Lipinski definition) is 1. The summed E-state index contributed by atoms with van der Waals surface area (Å²) in [6, 6.07) is 16.0. The minimum absolute atomic E-state index is 0.165. The molecular formula is C22H22N2O5. The molecule has 1 heterocycles. The minimum Gasteiger partial charge on any atom is -0.452 e. The van der Waals surface area contributed by atoms with Crippen molar-refractivity contribution in [2.75, 3.05) is 18.1 Å². The molecule has 150 valence electrons. The van der Waals surface area contributed by atoms with E-state index in [1.807, 2.05) is 30.3 Å². The summed E-state index contributed by atoms with van der Waals surface area (Å²) in [5.41, 5.74) is 1.70. The van der Waals surface area contributed by atoms with Gasteiger partial charge in [-0.3, -0.25) is 19.3 Å². The van der Waals surface area contributed by atoms with Crippen LogP contribution in [0.2, 0.25) is 0 Å². The Labute approximate surface area is 168 Å². The monoisotopic (exact) mass is 394 g/mol. The van der Waals surface area contributed by atoms with E-state index < -0.39 is 12.6 Å². The van der Waals surface area contributed by atoms with Crippen LogP contribution in [0.4, 0.5) is 5.69 Å². The predicted octanol–water partition coefficient (Wildman–Crippen LogP) is 2.25. The van der Waals surface area contributed by atoms with Crippen LogP contribution in [0, 0.1) is 0 Å². The van der Waals surface area contributed by atoms with Crippen LogP contribution in [0.15, 0.2) is 54.6 Å². The number of nitrogens with one attached hydrogen (secondary N) is 1. The third kappa shape index (κ3) is 5.51. The van der Waals surface area contributed by atoms with Gasteiger partial charge in [-0.2, -0.15) is 0 Å². The van der Waals surface area contributed by atoms with E-state index in [1.54, 1.807) is 12.1 Å². The van der Waals surface area contributed by atoms with Gasteiger partial charge in [0.25, 0.3) is 5.91 Å². The first-order chi connectivity index (χ1) is 14.0. The molecule has 1 aliphatic heterocycles. The number of imide groups is 1. The average molecular weight is 394 g/mol. The number of amides is 3. The third-order valence-corrected chi connectivity index (χ3v) is 4.53. The van der Waals surface area contributed by atoms with Crippen LogP contribution in [-0.4, -0.2) is 36.8 Å². The van der Waals surface area contributed by atoms with Crippen molar-refractivity contribution in [3.8, 4) is 0 Å². The maximum Gasteiger partial charge on any atom is 0.338 e. The molecule has 3 amide bonds. The van der Waals surface area contributed by atoms with Crippen molar-refractivity contribution in [2.45, 2.75) is 25.7 Å². The second-order valence-corrected chi connectivity index (χ2v) is 6.69. The van der Waals surface area contributed by atoms with Gasteiger partial charge in [0.2, 0.25) is 11.8 Å². The first kappa shape index (κ1) is 20.3. The second kappa shape index (κ2) is 9.64. The summed E-state index contributed by atoms with van der Waals surface area (Å²) in [6.45, 7) is 0.0932. The lowest BCUT2D eigenvalue weighted by atomic mass is 10.1. The maximum atomic E-state index is 12.2. The number of aryl methyl sites for hydroxylation is 1.